The van der Waals surface area contributed by atoms with Crippen molar-refractivity contribution in [1.82, 2.24) is 5.32 Å². The van der Waals surface area contributed by atoms with Crippen molar-refractivity contribution in [3.63, 3.8) is 0 Å². The predicted octanol–water partition coefficient (Wildman–Crippen LogP) is 5.02. The van der Waals surface area contributed by atoms with Gasteiger partial charge in [-0.05, 0) is 33.9 Å². The SMILES string of the molecule is N#Cc1cc([N+](=O)[O-])ccc1C=CCNC(=O)OCC1c2ccccc2-c2ccccc21. The summed E-state index contributed by atoms with van der Waals surface area (Å²) in [6.07, 6.45) is 2.75. The Morgan fingerprint density at radius 3 is 2.38 bits per heavy atom. The van der Waals surface area contributed by atoms with E-state index in [1.165, 1.54) is 18.2 Å². The molecule has 4 rings (SSSR count). The molecule has 0 aliphatic heterocycles. The van der Waals surface area contributed by atoms with Crippen LogP contribution in [-0.4, -0.2) is 24.2 Å². The molecule has 0 aromatic heterocycles. The first-order chi connectivity index (χ1) is 15.6. The summed E-state index contributed by atoms with van der Waals surface area (Å²) in [4.78, 5) is 22.5. The summed E-state index contributed by atoms with van der Waals surface area (Å²) in [5.41, 5.74) is 5.19. The molecule has 0 atom stereocenters. The van der Waals surface area contributed by atoms with Crippen LogP contribution in [0.1, 0.15) is 28.2 Å². The van der Waals surface area contributed by atoms with Crippen LogP contribution < -0.4 is 5.32 Å². The quantitative estimate of drug-likeness (QED) is 0.441. The fourth-order valence-corrected chi connectivity index (χ4v) is 3.88. The maximum Gasteiger partial charge on any atom is 0.407 e. The lowest BCUT2D eigenvalue weighted by Gasteiger charge is -2.14. The van der Waals surface area contributed by atoms with Gasteiger partial charge in [0.2, 0.25) is 0 Å². The van der Waals surface area contributed by atoms with E-state index in [-0.39, 0.29) is 30.3 Å². The van der Waals surface area contributed by atoms with Crippen LogP contribution in [0.15, 0.2) is 72.8 Å². The topological polar surface area (TPSA) is 105 Å². The fourth-order valence-electron chi connectivity index (χ4n) is 3.88. The first-order valence-electron chi connectivity index (χ1n) is 10.0. The monoisotopic (exact) mass is 425 g/mol. The van der Waals surface area contributed by atoms with E-state index in [0.29, 0.717) is 5.56 Å². The summed E-state index contributed by atoms with van der Waals surface area (Å²) < 4.78 is 5.47. The second kappa shape index (κ2) is 9.14. The number of nitro groups is 1. The number of non-ortho nitro benzene ring substituents is 1. The second-order valence-corrected chi connectivity index (χ2v) is 7.25. The van der Waals surface area contributed by atoms with Crippen LogP contribution in [0.2, 0.25) is 0 Å². The van der Waals surface area contributed by atoms with Crippen molar-refractivity contribution in [3.8, 4) is 17.2 Å². The van der Waals surface area contributed by atoms with Crippen LogP contribution in [-0.2, 0) is 4.74 Å². The number of rotatable bonds is 6. The van der Waals surface area contributed by atoms with Crippen molar-refractivity contribution in [2.45, 2.75) is 5.92 Å². The highest BCUT2D eigenvalue weighted by Crippen LogP contribution is 2.44. The van der Waals surface area contributed by atoms with E-state index in [2.05, 4.69) is 29.6 Å². The molecule has 1 N–H and O–H groups in total. The third-order valence-electron chi connectivity index (χ3n) is 5.37. The Hall–Kier alpha value is -4.44. The third kappa shape index (κ3) is 4.20. The average Bonchev–Trinajstić information content (AvgIpc) is 3.14. The van der Waals surface area contributed by atoms with Crippen LogP contribution in [0.25, 0.3) is 17.2 Å². The van der Waals surface area contributed by atoms with Crippen molar-refractivity contribution < 1.29 is 14.5 Å². The number of hydrogen-bond donors (Lipinski definition) is 1. The number of nitro benzene ring substituents is 1. The molecule has 0 spiro atoms. The van der Waals surface area contributed by atoms with Crippen LogP contribution in [0.5, 0.6) is 0 Å². The third-order valence-corrected chi connectivity index (χ3v) is 5.37. The van der Waals surface area contributed by atoms with Crippen LogP contribution in [0.3, 0.4) is 0 Å². The van der Waals surface area contributed by atoms with Crippen LogP contribution in [0.4, 0.5) is 10.5 Å². The average molecular weight is 425 g/mol. The molecular weight excluding hydrogens is 406 g/mol. The highest BCUT2D eigenvalue weighted by molar-refractivity contribution is 5.79. The molecule has 3 aromatic rings. The van der Waals surface area contributed by atoms with Gasteiger partial charge >= 0.3 is 6.09 Å². The normalized spacial score (nSPS) is 12.1. The zero-order valence-corrected chi connectivity index (χ0v) is 17.0. The molecule has 0 saturated heterocycles. The van der Waals surface area contributed by atoms with E-state index in [1.807, 2.05) is 30.3 Å². The number of nitrogens with one attached hydrogen (secondary N) is 1. The highest BCUT2D eigenvalue weighted by atomic mass is 16.6. The number of nitriles is 1. The zero-order chi connectivity index (χ0) is 22.5. The molecule has 0 radical (unpaired) electrons. The summed E-state index contributed by atoms with van der Waals surface area (Å²) in [5, 5.41) is 22.7. The lowest BCUT2D eigenvalue weighted by molar-refractivity contribution is -0.384. The number of carbonyl (C=O) groups is 1. The molecule has 1 amide bonds. The molecule has 0 fully saturated rings. The predicted molar refractivity (Wildman–Crippen MR) is 120 cm³/mol. The smallest absolute Gasteiger partial charge is 0.407 e. The number of carbonyl (C=O) groups excluding carboxylic acids is 1. The van der Waals surface area contributed by atoms with Gasteiger partial charge < -0.3 is 10.1 Å². The van der Waals surface area contributed by atoms with Crippen LogP contribution in [0, 0.1) is 21.4 Å². The Morgan fingerprint density at radius 1 is 1.09 bits per heavy atom. The number of ether oxygens (including phenoxy) is 1. The van der Waals surface area contributed by atoms with Gasteiger partial charge in [-0.2, -0.15) is 5.26 Å². The van der Waals surface area contributed by atoms with Gasteiger partial charge in [0.1, 0.15) is 12.7 Å². The molecule has 0 bridgehead atoms. The molecule has 3 aromatic carbocycles. The summed E-state index contributed by atoms with van der Waals surface area (Å²) >= 11 is 0. The number of benzene rings is 3. The molecule has 7 heteroatoms. The van der Waals surface area contributed by atoms with Crippen molar-refractivity contribution >= 4 is 17.9 Å². The Morgan fingerprint density at radius 2 is 1.75 bits per heavy atom. The summed E-state index contributed by atoms with van der Waals surface area (Å²) in [7, 11) is 0. The summed E-state index contributed by atoms with van der Waals surface area (Å²) in [6, 6.07) is 22.2. The van der Waals surface area contributed by atoms with E-state index in [0.717, 1.165) is 22.3 Å². The standard InChI is InChI=1S/C25H19N3O4/c26-15-18-14-19(28(30)31)12-11-17(18)6-5-13-27-25(29)32-16-24-22-9-3-1-7-20(22)21-8-2-4-10-23(21)24/h1-12,14,24H,13,16H2,(H,27,29). The number of amides is 1. The molecule has 0 saturated carbocycles. The largest absolute Gasteiger partial charge is 0.449 e. The van der Waals surface area contributed by atoms with E-state index in [4.69, 9.17) is 4.74 Å². The molecule has 7 nitrogen and oxygen atoms in total. The van der Waals surface area contributed by atoms with Gasteiger partial charge in [0.05, 0.1) is 10.5 Å². The molecule has 0 unspecified atom stereocenters. The van der Waals surface area contributed by atoms with E-state index in [9.17, 15) is 20.2 Å². The lowest BCUT2D eigenvalue weighted by Crippen LogP contribution is -2.26. The van der Waals surface area contributed by atoms with Gasteiger partial charge in [0.15, 0.2) is 0 Å². The fraction of sp³-hybridized carbons (Fsp3) is 0.120. The summed E-state index contributed by atoms with van der Waals surface area (Å²) in [6.45, 7) is 0.420. The van der Waals surface area contributed by atoms with Crippen LogP contribution >= 0.6 is 0 Å². The molecule has 1 aliphatic rings. The van der Waals surface area contributed by atoms with Crippen molar-refractivity contribution in [3.05, 3.63) is 105 Å². The molecular formula is C25H19N3O4. The molecule has 1 aliphatic carbocycles. The van der Waals surface area contributed by atoms with Crippen molar-refractivity contribution in [2.75, 3.05) is 13.2 Å². The Kier molecular flexibility index (Phi) is 5.95. The second-order valence-electron chi connectivity index (χ2n) is 7.25. The first-order valence-corrected chi connectivity index (χ1v) is 10.0. The molecule has 158 valence electrons. The van der Waals surface area contributed by atoms with Gasteiger partial charge in [-0.3, -0.25) is 10.1 Å². The lowest BCUT2D eigenvalue weighted by atomic mass is 9.98. The van der Waals surface area contributed by atoms with Crippen molar-refractivity contribution in [1.29, 1.82) is 5.26 Å². The number of hydrogen-bond acceptors (Lipinski definition) is 5. The van der Waals surface area contributed by atoms with E-state index in [1.54, 1.807) is 12.2 Å². The Balaban J connectivity index is 1.34. The van der Waals surface area contributed by atoms with Gasteiger partial charge in [0, 0.05) is 24.6 Å². The Bertz CT molecular complexity index is 1210. The van der Waals surface area contributed by atoms with E-state index < -0.39 is 11.0 Å². The zero-order valence-electron chi connectivity index (χ0n) is 17.0. The number of nitrogens with zero attached hydrogens (tertiary/aromatic N) is 2. The van der Waals surface area contributed by atoms with Gasteiger partial charge in [-0.1, -0.05) is 60.7 Å². The number of fused-ring (bicyclic) bond motifs is 3. The molecule has 0 heterocycles. The van der Waals surface area contributed by atoms with Gasteiger partial charge in [-0.15, -0.1) is 0 Å². The van der Waals surface area contributed by atoms with E-state index >= 15 is 0 Å². The molecule has 32 heavy (non-hydrogen) atoms. The van der Waals surface area contributed by atoms with Gasteiger partial charge in [0.25, 0.3) is 5.69 Å². The minimum Gasteiger partial charge on any atom is -0.449 e. The maximum atomic E-state index is 12.2. The first kappa shape index (κ1) is 20.8. The number of alkyl carbamates (subject to hydrolysis) is 1. The Labute approximate surface area is 184 Å². The maximum absolute atomic E-state index is 12.2. The summed E-state index contributed by atoms with van der Waals surface area (Å²) in [5.74, 6) is -0.0120. The van der Waals surface area contributed by atoms with Gasteiger partial charge in [-0.25, -0.2) is 4.79 Å². The highest BCUT2D eigenvalue weighted by Gasteiger charge is 2.28. The minimum atomic E-state index is -0.549. The minimum absolute atomic E-state index is 0.0120. The van der Waals surface area contributed by atoms with Crippen molar-refractivity contribution in [2.24, 2.45) is 0 Å².